The second-order valence-corrected chi connectivity index (χ2v) is 5.87. The number of hydrogen-bond acceptors (Lipinski definition) is 3. The summed E-state index contributed by atoms with van der Waals surface area (Å²) in [6.07, 6.45) is 1.15. The molecule has 0 spiro atoms. The number of anilines is 1. The summed E-state index contributed by atoms with van der Waals surface area (Å²) in [7, 11) is 2.18. The molecule has 0 aromatic heterocycles. The summed E-state index contributed by atoms with van der Waals surface area (Å²) in [5.74, 6) is 0. The maximum absolute atomic E-state index is 6.36. The van der Waals surface area contributed by atoms with E-state index in [2.05, 4.69) is 23.8 Å². The predicted octanol–water partition coefficient (Wildman–Crippen LogP) is 2.50. The molecule has 19 heavy (non-hydrogen) atoms. The molecule has 5 heteroatoms. The highest BCUT2D eigenvalue weighted by Crippen LogP contribution is 2.29. The summed E-state index contributed by atoms with van der Waals surface area (Å²) < 4.78 is 0. The van der Waals surface area contributed by atoms with Crippen LogP contribution >= 0.6 is 23.8 Å². The van der Waals surface area contributed by atoms with Crippen molar-refractivity contribution in [3.05, 3.63) is 28.8 Å². The van der Waals surface area contributed by atoms with Gasteiger partial charge in [-0.3, -0.25) is 4.90 Å². The van der Waals surface area contributed by atoms with Gasteiger partial charge < -0.3 is 10.6 Å². The van der Waals surface area contributed by atoms with Crippen LogP contribution in [0.1, 0.15) is 18.9 Å². The van der Waals surface area contributed by atoms with Crippen LogP contribution in [0.3, 0.4) is 0 Å². The lowest BCUT2D eigenvalue weighted by Crippen LogP contribution is -2.51. The molecule has 1 saturated heterocycles. The Morgan fingerprint density at radius 1 is 1.47 bits per heavy atom. The number of nitrogens with zero attached hydrogens (tertiary/aromatic N) is 2. The fourth-order valence-electron chi connectivity index (χ4n) is 2.52. The smallest absolute Gasteiger partial charge is 0.104 e. The lowest BCUT2D eigenvalue weighted by atomic mass is 10.1. The molecule has 1 aromatic carbocycles. The average Bonchev–Trinajstić information content (AvgIpc) is 2.39. The summed E-state index contributed by atoms with van der Waals surface area (Å²) in [5, 5.41) is 0.727. The molecule has 2 N–H and O–H groups in total. The zero-order valence-electron chi connectivity index (χ0n) is 11.4. The third-order valence-electron chi connectivity index (χ3n) is 3.82. The van der Waals surface area contributed by atoms with Gasteiger partial charge in [-0.05, 0) is 31.7 Å². The van der Waals surface area contributed by atoms with Crippen LogP contribution in [0.15, 0.2) is 18.2 Å². The van der Waals surface area contributed by atoms with Gasteiger partial charge in [0.25, 0.3) is 0 Å². The average molecular weight is 298 g/mol. The van der Waals surface area contributed by atoms with E-state index in [1.807, 2.05) is 18.2 Å². The van der Waals surface area contributed by atoms with Gasteiger partial charge in [-0.15, -0.1) is 0 Å². The summed E-state index contributed by atoms with van der Waals surface area (Å²) >= 11 is 11.3. The van der Waals surface area contributed by atoms with Gasteiger partial charge in [0, 0.05) is 31.2 Å². The second kappa shape index (κ2) is 6.07. The van der Waals surface area contributed by atoms with Crippen LogP contribution in [0, 0.1) is 0 Å². The number of halogens is 1. The van der Waals surface area contributed by atoms with Gasteiger partial charge in [0.05, 0.1) is 10.7 Å². The van der Waals surface area contributed by atoms with Crippen molar-refractivity contribution in [1.29, 1.82) is 0 Å². The van der Waals surface area contributed by atoms with E-state index in [1.54, 1.807) is 0 Å². The number of piperazine rings is 1. The number of nitrogens with two attached hydrogens (primary N) is 1. The van der Waals surface area contributed by atoms with Crippen molar-refractivity contribution in [2.24, 2.45) is 5.73 Å². The molecule has 0 amide bonds. The third-order valence-corrected chi connectivity index (χ3v) is 4.36. The van der Waals surface area contributed by atoms with Gasteiger partial charge >= 0.3 is 0 Å². The molecule has 1 aliphatic rings. The SMILES string of the molecule is CCC1CN(c2ccc(C(N)=S)cc2Cl)CCN1C. The fraction of sp³-hybridized carbons (Fsp3) is 0.500. The van der Waals surface area contributed by atoms with E-state index in [1.165, 1.54) is 0 Å². The molecule has 1 unspecified atom stereocenters. The number of thiocarbonyl (C=S) groups is 1. The molecule has 2 rings (SSSR count). The van der Waals surface area contributed by atoms with Gasteiger partial charge in [-0.25, -0.2) is 0 Å². The van der Waals surface area contributed by atoms with Crippen LogP contribution in [-0.4, -0.2) is 42.6 Å². The number of hydrogen-bond donors (Lipinski definition) is 1. The van der Waals surface area contributed by atoms with E-state index < -0.39 is 0 Å². The van der Waals surface area contributed by atoms with Gasteiger partial charge in [-0.2, -0.15) is 0 Å². The molecule has 3 nitrogen and oxygen atoms in total. The minimum Gasteiger partial charge on any atom is -0.389 e. The largest absolute Gasteiger partial charge is 0.389 e. The van der Waals surface area contributed by atoms with E-state index in [0.717, 1.165) is 42.3 Å². The Hall–Kier alpha value is -0.840. The summed E-state index contributed by atoms with van der Waals surface area (Å²) in [6.45, 7) is 5.30. The first kappa shape index (κ1) is 14.6. The topological polar surface area (TPSA) is 32.5 Å². The Labute approximate surface area is 125 Å². The molecule has 0 aliphatic carbocycles. The highest BCUT2D eigenvalue weighted by atomic mass is 35.5. The summed E-state index contributed by atoms with van der Waals surface area (Å²) in [5.41, 5.74) is 7.53. The van der Waals surface area contributed by atoms with Crippen LogP contribution in [0.25, 0.3) is 0 Å². The Bertz CT molecular complexity index is 478. The van der Waals surface area contributed by atoms with Crippen molar-refractivity contribution >= 4 is 34.5 Å². The Morgan fingerprint density at radius 2 is 2.21 bits per heavy atom. The Balaban J connectivity index is 2.20. The number of rotatable bonds is 3. The molecule has 1 heterocycles. The van der Waals surface area contributed by atoms with Crippen LogP contribution in [0.2, 0.25) is 5.02 Å². The summed E-state index contributed by atoms with van der Waals surface area (Å²) in [4.78, 5) is 5.14. The Morgan fingerprint density at radius 3 is 2.79 bits per heavy atom. The second-order valence-electron chi connectivity index (χ2n) is 5.02. The van der Waals surface area contributed by atoms with Crippen LogP contribution < -0.4 is 10.6 Å². The fourth-order valence-corrected chi connectivity index (χ4v) is 2.95. The lowest BCUT2D eigenvalue weighted by Gasteiger charge is -2.40. The molecule has 0 saturated carbocycles. The van der Waals surface area contributed by atoms with E-state index in [0.29, 0.717) is 11.0 Å². The standard InChI is InChI=1S/C14H20ClN3S/c1-3-11-9-18(7-6-17(11)2)13-5-4-10(14(16)19)8-12(13)15/h4-5,8,11H,3,6-7,9H2,1-2H3,(H2,16,19). The molecule has 1 fully saturated rings. The van der Waals surface area contributed by atoms with Gasteiger partial charge in [0.2, 0.25) is 0 Å². The molecule has 0 bridgehead atoms. The number of likely N-dealkylation sites (N-methyl/N-ethyl adjacent to an activating group) is 1. The third kappa shape index (κ3) is 3.19. The quantitative estimate of drug-likeness (QED) is 0.869. The van der Waals surface area contributed by atoms with Crippen molar-refractivity contribution in [3.63, 3.8) is 0 Å². The van der Waals surface area contributed by atoms with Crippen molar-refractivity contribution in [2.45, 2.75) is 19.4 Å². The maximum Gasteiger partial charge on any atom is 0.104 e. The van der Waals surface area contributed by atoms with E-state index in [4.69, 9.17) is 29.6 Å². The van der Waals surface area contributed by atoms with E-state index in [9.17, 15) is 0 Å². The molecular formula is C14H20ClN3S. The number of benzene rings is 1. The van der Waals surface area contributed by atoms with Crippen molar-refractivity contribution < 1.29 is 0 Å². The molecule has 1 aromatic rings. The van der Waals surface area contributed by atoms with Gasteiger partial charge in [-0.1, -0.05) is 30.7 Å². The molecular weight excluding hydrogens is 278 g/mol. The zero-order chi connectivity index (χ0) is 14.0. The highest BCUT2D eigenvalue weighted by Gasteiger charge is 2.24. The highest BCUT2D eigenvalue weighted by molar-refractivity contribution is 7.80. The lowest BCUT2D eigenvalue weighted by molar-refractivity contribution is 0.213. The normalized spacial score (nSPS) is 20.6. The Kier molecular flexibility index (Phi) is 4.66. The first-order valence-electron chi connectivity index (χ1n) is 6.57. The molecule has 104 valence electrons. The van der Waals surface area contributed by atoms with Crippen LogP contribution in [-0.2, 0) is 0 Å². The van der Waals surface area contributed by atoms with E-state index >= 15 is 0 Å². The van der Waals surface area contributed by atoms with Crippen LogP contribution in [0.5, 0.6) is 0 Å². The maximum atomic E-state index is 6.36. The minimum absolute atomic E-state index is 0.387. The van der Waals surface area contributed by atoms with Gasteiger partial charge in [0.15, 0.2) is 0 Å². The monoisotopic (exact) mass is 297 g/mol. The van der Waals surface area contributed by atoms with Crippen LogP contribution in [0.4, 0.5) is 5.69 Å². The molecule has 1 atom stereocenters. The van der Waals surface area contributed by atoms with Crippen molar-refractivity contribution in [1.82, 2.24) is 4.90 Å². The molecule has 0 radical (unpaired) electrons. The van der Waals surface area contributed by atoms with Gasteiger partial charge in [0.1, 0.15) is 4.99 Å². The summed E-state index contributed by atoms with van der Waals surface area (Å²) in [6, 6.07) is 6.41. The van der Waals surface area contributed by atoms with E-state index in [-0.39, 0.29) is 0 Å². The predicted molar refractivity (Wildman–Crippen MR) is 86.3 cm³/mol. The zero-order valence-corrected chi connectivity index (χ0v) is 13.0. The van der Waals surface area contributed by atoms with Crippen molar-refractivity contribution in [3.8, 4) is 0 Å². The molecule has 1 aliphatic heterocycles. The minimum atomic E-state index is 0.387. The first-order chi connectivity index (χ1) is 9.02. The van der Waals surface area contributed by atoms with Crippen molar-refractivity contribution in [2.75, 3.05) is 31.6 Å². The first-order valence-corrected chi connectivity index (χ1v) is 7.36.